The molecule has 8 nitrogen and oxygen atoms in total. The van der Waals surface area contributed by atoms with Gasteiger partial charge in [0.15, 0.2) is 0 Å². The number of nitrogens with zero attached hydrogens (tertiary/aromatic N) is 3. The molecule has 0 radical (unpaired) electrons. The zero-order chi connectivity index (χ0) is 20.7. The Labute approximate surface area is 166 Å². The zero-order valence-corrected chi connectivity index (χ0v) is 15.7. The van der Waals surface area contributed by atoms with Crippen molar-refractivity contribution < 1.29 is 28.9 Å². The molecule has 4 rings (SSSR count). The van der Waals surface area contributed by atoms with Gasteiger partial charge in [0.25, 0.3) is 5.91 Å². The number of fused-ring (bicyclic) bond motifs is 1. The minimum atomic E-state index is -1.14. The Hall–Kier alpha value is -3.20. The lowest BCUT2D eigenvalue weighted by Crippen LogP contribution is -2.54. The molecule has 0 saturated carbocycles. The third-order valence-electron chi connectivity index (χ3n) is 5.08. The van der Waals surface area contributed by atoms with Gasteiger partial charge in [0, 0.05) is 13.1 Å². The van der Waals surface area contributed by atoms with Crippen LogP contribution < -0.4 is 9.64 Å². The van der Waals surface area contributed by atoms with Gasteiger partial charge in [-0.3, -0.25) is 9.69 Å². The Morgan fingerprint density at radius 2 is 1.97 bits per heavy atom. The quantitative estimate of drug-likeness (QED) is 0.814. The topological polar surface area (TPSA) is 103 Å². The summed E-state index contributed by atoms with van der Waals surface area (Å²) in [4.78, 5) is 31.6. The van der Waals surface area contributed by atoms with Crippen LogP contribution in [0.2, 0.25) is 0 Å². The Bertz CT molecular complexity index is 959. The van der Waals surface area contributed by atoms with Gasteiger partial charge in [-0.2, -0.15) is 0 Å². The lowest BCUT2D eigenvalue weighted by molar-refractivity contribution is 0.00537. The molecule has 1 fully saturated rings. The minimum absolute atomic E-state index is 0.0813. The summed E-state index contributed by atoms with van der Waals surface area (Å²) >= 11 is 0. The summed E-state index contributed by atoms with van der Waals surface area (Å²) in [6.45, 7) is 2.27. The van der Waals surface area contributed by atoms with Gasteiger partial charge in [0.2, 0.25) is 5.88 Å². The number of halogens is 1. The highest BCUT2D eigenvalue weighted by molar-refractivity contribution is 5.96. The van der Waals surface area contributed by atoms with Crippen molar-refractivity contribution >= 4 is 17.7 Å². The molecule has 1 saturated heterocycles. The van der Waals surface area contributed by atoms with Gasteiger partial charge in [-0.15, -0.1) is 0 Å². The summed E-state index contributed by atoms with van der Waals surface area (Å²) in [5, 5.41) is 19.1. The highest BCUT2D eigenvalue weighted by Crippen LogP contribution is 2.35. The summed E-state index contributed by atoms with van der Waals surface area (Å²) in [6.07, 6.45) is -1.43. The van der Waals surface area contributed by atoms with Crippen molar-refractivity contribution in [1.82, 2.24) is 9.88 Å². The number of rotatable bonds is 3. The van der Waals surface area contributed by atoms with Crippen LogP contribution in [0.4, 0.5) is 14.9 Å². The van der Waals surface area contributed by atoms with Crippen molar-refractivity contribution in [2.75, 3.05) is 24.6 Å². The Balaban J connectivity index is 1.77. The summed E-state index contributed by atoms with van der Waals surface area (Å²) in [5.41, 5.74) is 1.66. The molecule has 1 aromatic heterocycles. The van der Waals surface area contributed by atoms with Crippen LogP contribution in [0.5, 0.6) is 5.88 Å². The summed E-state index contributed by atoms with van der Waals surface area (Å²) in [6, 6.07) is 7.04. The number of aromatic nitrogens is 1. The predicted octanol–water partition coefficient (Wildman–Crippen LogP) is 1.89. The summed E-state index contributed by atoms with van der Waals surface area (Å²) in [5.74, 6) is -0.653. The van der Waals surface area contributed by atoms with Crippen LogP contribution in [0.25, 0.3) is 0 Å². The Kier molecular flexibility index (Phi) is 4.83. The van der Waals surface area contributed by atoms with E-state index in [1.165, 1.54) is 21.9 Å². The molecule has 3 heterocycles. The lowest BCUT2D eigenvalue weighted by atomic mass is 10.0. The van der Waals surface area contributed by atoms with E-state index in [9.17, 15) is 24.2 Å². The van der Waals surface area contributed by atoms with E-state index in [2.05, 4.69) is 4.98 Å². The van der Waals surface area contributed by atoms with Crippen molar-refractivity contribution in [2.45, 2.75) is 25.5 Å². The second-order valence-electron chi connectivity index (χ2n) is 7.30. The normalized spacial score (nSPS) is 18.7. The average molecular weight is 401 g/mol. The summed E-state index contributed by atoms with van der Waals surface area (Å²) in [7, 11) is 0. The number of benzene rings is 1. The molecule has 9 heteroatoms. The van der Waals surface area contributed by atoms with Crippen LogP contribution in [-0.2, 0) is 6.42 Å². The molecular formula is C20H20FN3O5. The van der Waals surface area contributed by atoms with Crippen LogP contribution in [0.1, 0.15) is 28.5 Å². The van der Waals surface area contributed by atoms with Crippen molar-refractivity contribution in [3.05, 3.63) is 53.0 Å². The molecule has 0 bridgehead atoms. The number of likely N-dealkylation sites (tertiary alicyclic amines) is 1. The maximum atomic E-state index is 13.3. The second-order valence-corrected chi connectivity index (χ2v) is 7.30. The van der Waals surface area contributed by atoms with E-state index in [0.717, 1.165) is 5.56 Å². The van der Waals surface area contributed by atoms with Crippen LogP contribution in [0.3, 0.4) is 0 Å². The number of pyridine rings is 1. The number of aliphatic hydroxyl groups excluding tert-OH is 1. The fourth-order valence-corrected chi connectivity index (χ4v) is 3.52. The second kappa shape index (κ2) is 7.32. The van der Waals surface area contributed by atoms with Gasteiger partial charge in [-0.25, -0.2) is 14.2 Å². The van der Waals surface area contributed by atoms with Crippen molar-refractivity contribution in [2.24, 2.45) is 0 Å². The third-order valence-corrected chi connectivity index (χ3v) is 5.08. The van der Waals surface area contributed by atoms with Crippen LogP contribution in [-0.4, -0.2) is 63.9 Å². The number of carbonyl (C=O) groups excluding carboxylic acids is 1. The number of amides is 2. The first-order chi connectivity index (χ1) is 13.8. The van der Waals surface area contributed by atoms with E-state index >= 15 is 0 Å². The molecule has 1 aromatic carbocycles. The molecule has 2 amide bonds. The highest BCUT2D eigenvalue weighted by Gasteiger charge is 2.35. The number of hydrogen-bond donors (Lipinski definition) is 2. The van der Waals surface area contributed by atoms with Crippen LogP contribution in [0, 0.1) is 5.82 Å². The van der Waals surface area contributed by atoms with Crippen LogP contribution >= 0.6 is 0 Å². The number of ether oxygens (including phenoxy) is 1. The SMILES string of the molecule is CC1COc2nc(C(=O)N3CC(O)C3)c(Cc3ccc(F)cc3)cc2N1C(=O)O. The zero-order valence-electron chi connectivity index (χ0n) is 15.7. The number of hydrogen-bond acceptors (Lipinski definition) is 5. The lowest BCUT2D eigenvalue weighted by Gasteiger charge is -2.37. The predicted molar refractivity (Wildman–Crippen MR) is 101 cm³/mol. The fourth-order valence-electron chi connectivity index (χ4n) is 3.52. The minimum Gasteiger partial charge on any atom is -0.474 e. The molecule has 1 unspecified atom stereocenters. The summed E-state index contributed by atoms with van der Waals surface area (Å²) < 4.78 is 18.8. The van der Waals surface area contributed by atoms with Gasteiger partial charge in [-0.1, -0.05) is 12.1 Å². The Morgan fingerprint density at radius 3 is 2.59 bits per heavy atom. The van der Waals surface area contributed by atoms with E-state index in [1.54, 1.807) is 25.1 Å². The molecule has 0 spiro atoms. The van der Waals surface area contributed by atoms with Crippen molar-refractivity contribution in [3.63, 3.8) is 0 Å². The van der Waals surface area contributed by atoms with E-state index < -0.39 is 18.2 Å². The maximum Gasteiger partial charge on any atom is 0.412 e. The van der Waals surface area contributed by atoms with E-state index in [1.807, 2.05) is 0 Å². The molecule has 2 aliphatic heterocycles. The number of β-amino-alcohol motifs (C(OH)–C–C–N with tert-alkyl or cyclic N) is 1. The largest absolute Gasteiger partial charge is 0.474 e. The maximum absolute atomic E-state index is 13.3. The highest BCUT2D eigenvalue weighted by atomic mass is 19.1. The molecule has 29 heavy (non-hydrogen) atoms. The molecule has 2 N–H and O–H groups in total. The fraction of sp³-hybridized carbons (Fsp3) is 0.350. The number of anilines is 1. The van der Waals surface area contributed by atoms with Gasteiger partial charge < -0.3 is 19.8 Å². The van der Waals surface area contributed by atoms with Gasteiger partial charge >= 0.3 is 6.09 Å². The van der Waals surface area contributed by atoms with Gasteiger partial charge in [0.1, 0.15) is 23.8 Å². The standard InChI is InChI=1S/C20H20FN3O5/c1-11-10-29-18-16(24(11)20(27)28)7-13(6-12-2-4-14(21)5-3-12)17(22-18)19(26)23-8-15(25)9-23/h2-5,7,11,15,25H,6,8-10H2,1H3,(H,27,28). The monoisotopic (exact) mass is 401 g/mol. The van der Waals surface area contributed by atoms with Gasteiger partial charge in [-0.05, 0) is 42.7 Å². The number of carboxylic acid groups (broad SMARTS) is 1. The first kappa shape index (κ1) is 19.1. The molecular weight excluding hydrogens is 381 g/mol. The average Bonchev–Trinajstić information content (AvgIpc) is 2.66. The van der Waals surface area contributed by atoms with Gasteiger partial charge in [0.05, 0.1) is 12.1 Å². The first-order valence-electron chi connectivity index (χ1n) is 9.24. The molecule has 1 atom stereocenters. The molecule has 2 aliphatic rings. The number of aliphatic hydroxyl groups is 1. The van der Waals surface area contributed by atoms with Crippen LogP contribution in [0.15, 0.2) is 30.3 Å². The van der Waals surface area contributed by atoms with E-state index in [-0.39, 0.29) is 55.1 Å². The van der Waals surface area contributed by atoms with Crippen molar-refractivity contribution in [3.8, 4) is 5.88 Å². The first-order valence-corrected chi connectivity index (χ1v) is 9.24. The third kappa shape index (κ3) is 3.61. The molecule has 2 aromatic rings. The smallest absolute Gasteiger partial charge is 0.412 e. The Morgan fingerprint density at radius 1 is 1.28 bits per heavy atom. The number of carbonyl (C=O) groups is 2. The van der Waals surface area contributed by atoms with E-state index in [0.29, 0.717) is 5.56 Å². The van der Waals surface area contributed by atoms with E-state index in [4.69, 9.17) is 4.74 Å². The molecule has 152 valence electrons. The van der Waals surface area contributed by atoms with Crippen molar-refractivity contribution in [1.29, 1.82) is 0 Å². The molecule has 0 aliphatic carbocycles.